The summed E-state index contributed by atoms with van der Waals surface area (Å²) in [5.41, 5.74) is 3.47. The first-order valence-electron chi connectivity index (χ1n) is 5.24. The van der Waals surface area contributed by atoms with Crippen LogP contribution in [0.5, 0.6) is 0 Å². The Hall–Kier alpha value is -1.60. The Morgan fingerprint density at radius 2 is 2.06 bits per heavy atom. The molecule has 86 valence electrons. The fraction of sp³-hybridized carbons (Fsp3) is 0.231. The molecule has 0 aliphatic carbocycles. The van der Waals surface area contributed by atoms with Crippen molar-refractivity contribution in [2.45, 2.75) is 13.8 Å². The molecule has 17 heavy (non-hydrogen) atoms. The van der Waals surface area contributed by atoms with E-state index >= 15 is 0 Å². The van der Waals surface area contributed by atoms with E-state index < -0.39 is 0 Å². The summed E-state index contributed by atoms with van der Waals surface area (Å²) in [6.45, 7) is 3.92. The molecule has 0 aliphatic rings. The van der Waals surface area contributed by atoms with Gasteiger partial charge in [-0.1, -0.05) is 22.0 Å². The van der Waals surface area contributed by atoms with Crippen LogP contribution in [-0.4, -0.2) is 9.55 Å². The Bertz CT molecular complexity index is 620. The number of nitrogens with zero attached hydrogens (tertiary/aromatic N) is 3. The zero-order valence-electron chi connectivity index (χ0n) is 9.95. The highest BCUT2D eigenvalue weighted by Gasteiger charge is 2.15. The normalized spacial score (nSPS) is 10.3. The predicted molar refractivity (Wildman–Crippen MR) is 70.5 cm³/mol. The summed E-state index contributed by atoms with van der Waals surface area (Å²) >= 11 is 3.45. The standard InChI is InChI=1S/C13H12BrN3/c1-8-4-5-10(14)6-11(8)13-12(7-15)17(3)9(2)16-13/h4-6H,1-3H3. The first-order chi connectivity index (χ1) is 8.04. The zero-order valence-corrected chi connectivity index (χ0v) is 11.5. The number of benzene rings is 1. The highest BCUT2D eigenvalue weighted by Crippen LogP contribution is 2.28. The minimum Gasteiger partial charge on any atom is -0.323 e. The number of aryl methyl sites for hydroxylation is 2. The maximum atomic E-state index is 9.21. The maximum Gasteiger partial charge on any atom is 0.147 e. The van der Waals surface area contributed by atoms with Crippen LogP contribution in [0, 0.1) is 25.2 Å². The van der Waals surface area contributed by atoms with Crippen molar-refractivity contribution in [3.05, 3.63) is 39.8 Å². The maximum absolute atomic E-state index is 9.21. The molecule has 0 aliphatic heterocycles. The van der Waals surface area contributed by atoms with E-state index in [2.05, 4.69) is 27.0 Å². The van der Waals surface area contributed by atoms with E-state index in [-0.39, 0.29) is 0 Å². The van der Waals surface area contributed by atoms with E-state index in [1.807, 2.05) is 43.7 Å². The van der Waals surface area contributed by atoms with E-state index in [0.29, 0.717) is 5.69 Å². The van der Waals surface area contributed by atoms with Crippen LogP contribution < -0.4 is 0 Å². The number of halogens is 1. The number of hydrogen-bond acceptors (Lipinski definition) is 2. The van der Waals surface area contributed by atoms with Crippen molar-refractivity contribution in [3.63, 3.8) is 0 Å². The first kappa shape index (κ1) is 11.9. The molecule has 2 rings (SSSR count). The molecular weight excluding hydrogens is 278 g/mol. The second-order valence-corrected chi connectivity index (χ2v) is 4.90. The summed E-state index contributed by atoms with van der Waals surface area (Å²) < 4.78 is 2.81. The van der Waals surface area contributed by atoms with Gasteiger partial charge in [-0.3, -0.25) is 0 Å². The highest BCUT2D eigenvalue weighted by molar-refractivity contribution is 9.10. The summed E-state index contributed by atoms with van der Waals surface area (Å²) in [6, 6.07) is 8.22. The van der Waals surface area contributed by atoms with Crippen molar-refractivity contribution in [3.8, 4) is 17.3 Å². The van der Waals surface area contributed by atoms with E-state index in [1.165, 1.54) is 0 Å². The summed E-state index contributed by atoms with van der Waals surface area (Å²) in [5.74, 6) is 0.843. The fourth-order valence-corrected chi connectivity index (χ4v) is 2.14. The van der Waals surface area contributed by atoms with Crippen LogP contribution in [0.2, 0.25) is 0 Å². The molecule has 0 saturated carbocycles. The molecule has 0 amide bonds. The Balaban J connectivity index is 2.73. The van der Waals surface area contributed by atoms with Crippen molar-refractivity contribution in [1.82, 2.24) is 9.55 Å². The summed E-state index contributed by atoms with van der Waals surface area (Å²) in [4.78, 5) is 4.47. The van der Waals surface area contributed by atoms with Crippen molar-refractivity contribution < 1.29 is 0 Å². The topological polar surface area (TPSA) is 41.6 Å². The van der Waals surface area contributed by atoms with E-state index in [0.717, 1.165) is 27.1 Å². The van der Waals surface area contributed by atoms with Crippen LogP contribution in [0.25, 0.3) is 11.3 Å². The largest absolute Gasteiger partial charge is 0.323 e. The predicted octanol–water partition coefficient (Wildman–Crippen LogP) is 3.34. The van der Waals surface area contributed by atoms with Crippen molar-refractivity contribution in [1.29, 1.82) is 5.26 Å². The van der Waals surface area contributed by atoms with Gasteiger partial charge >= 0.3 is 0 Å². The molecule has 2 aromatic rings. The average Bonchev–Trinajstić information content (AvgIpc) is 2.58. The van der Waals surface area contributed by atoms with Crippen LogP contribution in [0.4, 0.5) is 0 Å². The lowest BCUT2D eigenvalue weighted by atomic mass is 10.0. The zero-order chi connectivity index (χ0) is 12.6. The Morgan fingerprint density at radius 3 is 2.71 bits per heavy atom. The summed E-state index contributed by atoms with van der Waals surface area (Å²) in [5, 5.41) is 9.21. The van der Waals surface area contributed by atoms with Crippen molar-refractivity contribution in [2.75, 3.05) is 0 Å². The summed E-state index contributed by atoms with van der Waals surface area (Å²) in [6.07, 6.45) is 0. The molecule has 0 spiro atoms. The van der Waals surface area contributed by atoms with Gasteiger partial charge in [-0.15, -0.1) is 0 Å². The second-order valence-electron chi connectivity index (χ2n) is 3.99. The van der Waals surface area contributed by atoms with E-state index in [1.54, 1.807) is 0 Å². The number of rotatable bonds is 1. The van der Waals surface area contributed by atoms with Gasteiger partial charge in [0.2, 0.25) is 0 Å². The van der Waals surface area contributed by atoms with Crippen molar-refractivity contribution in [2.24, 2.45) is 7.05 Å². The van der Waals surface area contributed by atoms with Gasteiger partial charge in [-0.25, -0.2) is 4.98 Å². The third kappa shape index (κ3) is 1.98. The van der Waals surface area contributed by atoms with Crippen LogP contribution in [0.1, 0.15) is 17.1 Å². The molecule has 1 heterocycles. The lowest BCUT2D eigenvalue weighted by molar-refractivity contribution is 0.845. The van der Waals surface area contributed by atoms with E-state index in [9.17, 15) is 5.26 Å². The molecule has 0 saturated heterocycles. The quantitative estimate of drug-likeness (QED) is 0.808. The molecule has 0 fully saturated rings. The molecule has 0 atom stereocenters. The molecule has 1 aromatic carbocycles. The van der Waals surface area contributed by atoms with E-state index in [4.69, 9.17) is 0 Å². The molecular formula is C13H12BrN3. The molecule has 0 unspecified atom stereocenters. The van der Waals surface area contributed by atoms with Gasteiger partial charge in [-0.05, 0) is 31.5 Å². The van der Waals surface area contributed by atoms with Gasteiger partial charge in [0.25, 0.3) is 0 Å². The Labute approximate surface area is 109 Å². The van der Waals surface area contributed by atoms with Crippen LogP contribution >= 0.6 is 15.9 Å². The number of aromatic nitrogens is 2. The summed E-state index contributed by atoms with van der Waals surface area (Å²) in [7, 11) is 1.86. The monoisotopic (exact) mass is 289 g/mol. The van der Waals surface area contributed by atoms with Gasteiger partial charge in [0.1, 0.15) is 23.3 Å². The Kier molecular flexibility index (Phi) is 3.03. The lowest BCUT2D eigenvalue weighted by Crippen LogP contribution is -1.94. The fourth-order valence-electron chi connectivity index (χ4n) is 1.78. The number of imidazole rings is 1. The molecule has 3 nitrogen and oxygen atoms in total. The first-order valence-corrected chi connectivity index (χ1v) is 6.04. The van der Waals surface area contributed by atoms with Gasteiger partial charge in [0, 0.05) is 17.1 Å². The Morgan fingerprint density at radius 1 is 1.35 bits per heavy atom. The minimum absolute atomic E-state index is 0.601. The van der Waals surface area contributed by atoms with Crippen LogP contribution in [-0.2, 0) is 7.05 Å². The molecule has 0 bridgehead atoms. The SMILES string of the molecule is Cc1ccc(Br)cc1-c1nc(C)n(C)c1C#N. The van der Waals surface area contributed by atoms with Gasteiger partial charge in [0.05, 0.1) is 0 Å². The molecule has 0 radical (unpaired) electrons. The molecule has 4 heteroatoms. The van der Waals surface area contributed by atoms with Gasteiger partial charge < -0.3 is 4.57 Å². The van der Waals surface area contributed by atoms with Crippen LogP contribution in [0.3, 0.4) is 0 Å². The van der Waals surface area contributed by atoms with Crippen LogP contribution in [0.15, 0.2) is 22.7 Å². The number of nitriles is 1. The van der Waals surface area contributed by atoms with Gasteiger partial charge in [0.15, 0.2) is 0 Å². The van der Waals surface area contributed by atoms with Gasteiger partial charge in [-0.2, -0.15) is 5.26 Å². The van der Waals surface area contributed by atoms with Crippen molar-refractivity contribution >= 4 is 15.9 Å². The average molecular weight is 290 g/mol. The third-order valence-electron chi connectivity index (χ3n) is 2.88. The lowest BCUT2D eigenvalue weighted by Gasteiger charge is -2.04. The minimum atomic E-state index is 0.601. The highest BCUT2D eigenvalue weighted by atomic mass is 79.9. The molecule has 1 aromatic heterocycles. The smallest absolute Gasteiger partial charge is 0.147 e. The number of hydrogen-bond donors (Lipinski definition) is 0. The molecule has 0 N–H and O–H groups in total. The third-order valence-corrected chi connectivity index (χ3v) is 3.37. The second kappa shape index (κ2) is 4.34.